The number of aromatic nitrogens is 2. The predicted octanol–water partition coefficient (Wildman–Crippen LogP) is 2.73. The maximum atomic E-state index is 5.53. The summed E-state index contributed by atoms with van der Waals surface area (Å²) in [5, 5.41) is 3.43. The van der Waals surface area contributed by atoms with E-state index >= 15 is 0 Å². The Morgan fingerprint density at radius 2 is 2.21 bits per heavy atom. The Balaban J connectivity index is 1.94. The molecule has 1 atom stereocenters. The Kier molecular flexibility index (Phi) is 3.19. The van der Waals surface area contributed by atoms with Crippen molar-refractivity contribution in [2.75, 3.05) is 13.1 Å². The average molecular weight is 259 g/mol. The summed E-state index contributed by atoms with van der Waals surface area (Å²) in [5.74, 6) is 0.983. The molecular formula is C15H21N3O. The van der Waals surface area contributed by atoms with Crippen LogP contribution in [0, 0.1) is 0 Å². The minimum atomic E-state index is 0.194. The van der Waals surface area contributed by atoms with Crippen LogP contribution in [-0.4, -0.2) is 22.6 Å². The fraction of sp³-hybridized carbons (Fsp3) is 0.533. The molecule has 0 amide bonds. The summed E-state index contributed by atoms with van der Waals surface area (Å²) in [4.78, 5) is 4.37. The van der Waals surface area contributed by atoms with Crippen molar-refractivity contribution in [3.63, 3.8) is 0 Å². The van der Waals surface area contributed by atoms with Crippen molar-refractivity contribution in [3.8, 4) is 0 Å². The van der Waals surface area contributed by atoms with Crippen LogP contribution < -0.4 is 5.32 Å². The molecule has 1 fully saturated rings. The molecule has 4 heteroatoms. The summed E-state index contributed by atoms with van der Waals surface area (Å²) in [5.41, 5.74) is 1.53. The first-order valence-electron chi connectivity index (χ1n) is 6.97. The molecule has 0 radical (unpaired) electrons. The van der Waals surface area contributed by atoms with Gasteiger partial charge in [0.1, 0.15) is 5.76 Å². The lowest BCUT2D eigenvalue weighted by Crippen LogP contribution is -2.39. The number of nitrogens with zero attached hydrogens (tertiary/aromatic N) is 2. The van der Waals surface area contributed by atoms with E-state index in [-0.39, 0.29) is 11.5 Å². The van der Waals surface area contributed by atoms with Crippen molar-refractivity contribution < 1.29 is 4.42 Å². The van der Waals surface area contributed by atoms with Crippen molar-refractivity contribution in [1.29, 1.82) is 0 Å². The molecule has 4 nitrogen and oxygen atoms in total. The van der Waals surface area contributed by atoms with Crippen LogP contribution >= 0.6 is 0 Å². The molecule has 1 N–H and O–H groups in total. The molecule has 102 valence electrons. The third-order valence-electron chi connectivity index (χ3n) is 4.36. The summed E-state index contributed by atoms with van der Waals surface area (Å²) < 4.78 is 7.79. The number of hydrogen-bond donors (Lipinski definition) is 1. The average Bonchev–Trinajstić information content (AvgIpc) is 3.10. The molecule has 3 heterocycles. The predicted molar refractivity (Wildman–Crippen MR) is 74.2 cm³/mol. The van der Waals surface area contributed by atoms with Crippen molar-refractivity contribution in [2.45, 2.75) is 38.1 Å². The maximum absolute atomic E-state index is 5.53. The zero-order chi connectivity index (χ0) is 13.3. The standard InChI is InChI=1S/C15H21N3O/c1-12(13-4-3-9-19-13)18-11-17-10-14(18)15(2)5-7-16-8-6-15/h3-4,9-12,16H,5-8H2,1-2H3. The second kappa shape index (κ2) is 4.85. The lowest BCUT2D eigenvalue weighted by molar-refractivity contribution is 0.309. The van der Waals surface area contributed by atoms with Gasteiger partial charge >= 0.3 is 0 Å². The SMILES string of the molecule is CC(c1ccco1)n1cncc1C1(C)CCNCC1. The minimum absolute atomic E-state index is 0.194. The number of imidazole rings is 1. The summed E-state index contributed by atoms with van der Waals surface area (Å²) in [6, 6.07) is 4.16. The van der Waals surface area contributed by atoms with E-state index in [1.165, 1.54) is 5.69 Å². The Labute approximate surface area is 113 Å². The third kappa shape index (κ3) is 2.21. The van der Waals surface area contributed by atoms with E-state index in [0.717, 1.165) is 31.7 Å². The van der Waals surface area contributed by atoms with Crippen LogP contribution in [0.25, 0.3) is 0 Å². The monoisotopic (exact) mass is 259 g/mol. The number of rotatable bonds is 3. The fourth-order valence-electron chi connectivity index (χ4n) is 2.98. The first-order chi connectivity index (χ1) is 9.21. The molecule has 0 aromatic carbocycles. The highest BCUT2D eigenvalue weighted by Crippen LogP contribution is 2.35. The summed E-state index contributed by atoms with van der Waals surface area (Å²) in [6.07, 6.45) is 7.99. The van der Waals surface area contributed by atoms with E-state index in [0.29, 0.717) is 0 Å². The molecule has 1 unspecified atom stereocenters. The number of hydrogen-bond acceptors (Lipinski definition) is 3. The van der Waals surface area contributed by atoms with Gasteiger partial charge in [-0.1, -0.05) is 6.92 Å². The van der Waals surface area contributed by atoms with Crippen LogP contribution in [0.4, 0.5) is 0 Å². The van der Waals surface area contributed by atoms with Gasteiger partial charge in [-0.3, -0.25) is 0 Å². The van der Waals surface area contributed by atoms with Crippen molar-refractivity contribution in [2.24, 2.45) is 0 Å². The highest BCUT2D eigenvalue weighted by Gasteiger charge is 2.32. The van der Waals surface area contributed by atoms with Crippen molar-refractivity contribution in [3.05, 3.63) is 42.4 Å². The summed E-state index contributed by atoms with van der Waals surface area (Å²) >= 11 is 0. The minimum Gasteiger partial charge on any atom is -0.467 e. The van der Waals surface area contributed by atoms with Gasteiger partial charge in [-0.25, -0.2) is 4.98 Å². The Morgan fingerprint density at radius 1 is 1.42 bits per heavy atom. The number of furan rings is 1. The molecule has 19 heavy (non-hydrogen) atoms. The molecule has 1 aliphatic rings. The van der Waals surface area contributed by atoms with E-state index in [9.17, 15) is 0 Å². The molecule has 2 aromatic heterocycles. The molecule has 0 bridgehead atoms. The molecule has 2 aromatic rings. The van der Waals surface area contributed by atoms with E-state index in [1.54, 1.807) is 6.26 Å². The Morgan fingerprint density at radius 3 is 2.89 bits per heavy atom. The Hall–Kier alpha value is -1.55. The Bertz CT molecular complexity index is 523. The van der Waals surface area contributed by atoms with Gasteiger partial charge in [0.15, 0.2) is 0 Å². The van der Waals surface area contributed by atoms with E-state index < -0.39 is 0 Å². The van der Waals surface area contributed by atoms with Crippen LogP contribution in [0.1, 0.15) is 44.2 Å². The zero-order valence-corrected chi connectivity index (χ0v) is 11.6. The molecule has 0 aliphatic carbocycles. The normalized spacial score (nSPS) is 20.3. The topological polar surface area (TPSA) is 43.0 Å². The van der Waals surface area contributed by atoms with E-state index in [1.807, 2.05) is 24.7 Å². The highest BCUT2D eigenvalue weighted by molar-refractivity contribution is 5.19. The molecule has 3 rings (SSSR count). The summed E-state index contributed by atoms with van der Waals surface area (Å²) in [6.45, 7) is 6.66. The van der Waals surface area contributed by atoms with Gasteiger partial charge in [0, 0.05) is 17.3 Å². The van der Waals surface area contributed by atoms with Crippen LogP contribution in [0.5, 0.6) is 0 Å². The maximum Gasteiger partial charge on any atom is 0.126 e. The second-order valence-electron chi connectivity index (χ2n) is 5.69. The van der Waals surface area contributed by atoms with Crippen LogP contribution in [0.2, 0.25) is 0 Å². The van der Waals surface area contributed by atoms with E-state index in [2.05, 4.69) is 28.7 Å². The van der Waals surface area contributed by atoms with Crippen LogP contribution in [-0.2, 0) is 5.41 Å². The largest absolute Gasteiger partial charge is 0.467 e. The molecule has 1 aliphatic heterocycles. The van der Waals surface area contributed by atoms with Crippen LogP contribution in [0.3, 0.4) is 0 Å². The third-order valence-corrected chi connectivity index (χ3v) is 4.36. The number of piperidine rings is 1. The first-order valence-corrected chi connectivity index (χ1v) is 6.97. The zero-order valence-electron chi connectivity index (χ0n) is 11.6. The molecular weight excluding hydrogens is 238 g/mol. The molecule has 0 spiro atoms. The summed E-state index contributed by atoms with van der Waals surface area (Å²) in [7, 11) is 0. The first kappa shape index (κ1) is 12.5. The lowest BCUT2D eigenvalue weighted by Gasteiger charge is -2.35. The quantitative estimate of drug-likeness (QED) is 0.921. The van der Waals surface area contributed by atoms with Crippen LogP contribution in [0.15, 0.2) is 35.3 Å². The van der Waals surface area contributed by atoms with E-state index in [4.69, 9.17) is 4.42 Å². The fourth-order valence-corrected chi connectivity index (χ4v) is 2.98. The molecule has 0 saturated carbocycles. The van der Waals surface area contributed by atoms with Gasteiger partial charge in [0.05, 0.1) is 18.6 Å². The van der Waals surface area contributed by atoms with Crippen molar-refractivity contribution in [1.82, 2.24) is 14.9 Å². The van der Waals surface area contributed by atoms with Crippen molar-refractivity contribution >= 4 is 0 Å². The highest BCUT2D eigenvalue weighted by atomic mass is 16.3. The van der Waals surface area contributed by atoms with Gasteiger partial charge in [-0.15, -0.1) is 0 Å². The number of nitrogens with one attached hydrogen (secondary N) is 1. The molecule has 1 saturated heterocycles. The smallest absolute Gasteiger partial charge is 0.126 e. The van der Waals surface area contributed by atoms with Gasteiger partial charge < -0.3 is 14.3 Å². The second-order valence-corrected chi connectivity index (χ2v) is 5.69. The van der Waals surface area contributed by atoms with Gasteiger partial charge in [0.25, 0.3) is 0 Å². The van der Waals surface area contributed by atoms with Gasteiger partial charge in [-0.05, 0) is 45.0 Å². The van der Waals surface area contributed by atoms with Gasteiger partial charge in [0.2, 0.25) is 0 Å². The van der Waals surface area contributed by atoms with Gasteiger partial charge in [-0.2, -0.15) is 0 Å². The lowest BCUT2D eigenvalue weighted by atomic mass is 9.78.